The van der Waals surface area contributed by atoms with E-state index in [-0.39, 0.29) is 12.2 Å². The van der Waals surface area contributed by atoms with Crippen LogP contribution >= 0.6 is 0 Å². The van der Waals surface area contributed by atoms with Crippen LogP contribution in [0.4, 0.5) is 0 Å². The van der Waals surface area contributed by atoms with Gasteiger partial charge in [0.2, 0.25) is 0 Å². The van der Waals surface area contributed by atoms with E-state index < -0.39 is 0 Å². The smallest absolute Gasteiger partial charge is 0.185 e. The number of allylic oxidation sites excluding steroid dienone is 1. The van der Waals surface area contributed by atoms with Crippen LogP contribution in [0.25, 0.3) is 11.1 Å². The van der Waals surface area contributed by atoms with Gasteiger partial charge in [0.25, 0.3) is 0 Å². The number of hydrogen-bond donors (Lipinski definition) is 3. The fourth-order valence-electron chi connectivity index (χ4n) is 2.46. The molecule has 6 heteroatoms. The Morgan fingerprint density at radius 2 is 2.27 bits per heavy atom. The Balaban J connectivity index is 1.86. The average molecular weight is 293 g/mol. The number of aromatic amines is 1. The first-order valence-electron chi connectivity index (χ1n) is 6.84. The van der Waals surface area contributed by atoms with E-state index in [2.05, 4.69) is 15.2 Å². The molecule has 1 aromatic carbocycles. The van der Waals surface area contributed by atoms with Crippen LogP contribution in [0.2, 0.25) is 0 Å². The summed E-state index contributed by atoms with van der Waals surface area (Å²) < 4.78 is 0. The Morgan fingerprint density at radius 3 is 2.95 bits per heavy atom. The minimum Gasteiger partial charge on any atom is -0.404 e. The zero-order chi connectivity index (χ0) is 15.5. The van der Waals surface area contributed by atoms with Crippen LogP contribution in [0.15, 0.2) is 47.4 Å². The molecule has 0 fully saturated rings. The molecule has 0 spiro atoms. The Labute approximate surface area is 127 Å². The van der Waals surface area contributed by atoms with Gasteiger partial charge in [0.15, 0.2) is 5.78 Å². The van der Waals surface area contributed by atoms with Crippen LogP contribution in [-0.2, 0) is 11.3 Å². The maximum absolute atomic E-state index is 12.3. The van der Waals surface area contributed by atoms with Crippen molar-refractivity contribution in [2.24, 2.45) is 10.7 Å². The number of aromatic nitrogens is 2. The zero-order valence-electron chi connectivity index (χ0n) is 11.8. The molecule has 0 saturated heterocycles. The van der Waals surface area contributed by atoms with E-state index in [0.717, 1.165) is 28.5 Å². The summed E-state index contributed by atoms with van der Waals surface area (Å²) in [7, 11) is 0. The molecule has 4 N–H and O–H groups in total. The highest BCUT2D eigenvalue weighted by Crippen LogP contribution is 2.26. The van der Waals surface area contributed by atoms with Crippen LogP contribution < -0.4 is 5.73 Å². The molecule has 0 saturated carbocycles. The van der Waals surface area contributed by atoms with Crippen molar-refractivity contribution in [2.75, 3.05) is 0 Å². The molecule has 2 heterocycles. The lowest BCUT2D eigenvalue weighted by atomic mass is 9.96. The molecule has 3 rings (SSSR count). The second-order valence-electron chi connectivity index (χ2n) is 5.01. The van der Waals surface area contributed by atoms with E-state index in [4.69, 9.17) is 11.1 Å². The van der Waals surface area contributed by atoms with Gasteiger partial charge in [-0.15, -0.1) is 0 Å². The van der Waals surface area contributed by atoms with Gasteiger partial charge in [0.1, 0.15) is 5.71 Å². The summed E-state index contributed by atoms with van der Waals surface area (Å²) in [6.45, 7) is 0.494. The lowest BCUT2D eigenvalue weighted by Crippen LogP contribution is -2.15. The molecule has 0 atom stereocenters. The van der Waals surface area contributed by atoms with E-state index >= 15 is 0 Å². The van der Waals surface area contributed by atoms with Gasteiger partial charge in [0, 0.05) is 30.0 Å². The molecule has 1 aromatic heterocycles. The van der Waals surface area contributed by atoms with Crippen molar-refractivity contribution in [3.05, 3.63) is 53.5 Å². The first kappa shape index (κ1) is 13.9. The van der Waals surface area contributed by atoms with E-state index in [1.807, 2.05) is 24.4 Å². The van der Waals surface area contributed by atoms with Crippen molar-refractivity contribution >= 4 is 17.7 Å². The van der Waals surface area contributed by atoms with Crippen molar-refractivity contribution < 1.29 is 4.79 Å². The van der Waals surface area contributed by atoms with Crippen LogP contribution in [-0.4, -0.2) is 27.9 Å². The maximum Gasteiger partial charge on any atom is 0.185 e. The normalized spacial score (nSPS) is 13.6. The van der Waals surface area contributed by atoms with Gasteiger partial charge in [-0.1, -0.05) is 12.1 Å². The van der Waals surface area contributed by atoms with E-state index in [1.54, 1.807) is 6.20 Å². The third kappa shape index (κ3) is 2.46. The Bertz CT molecular complexity index is 787. The van der Waals surface area contributed by atoms with Gasteiger partial charge >= 0.3 is 0 Å². The number of benzene rings is 1. The first-order chi connectivity index (χ1) is 10.7. The lowest BCUT2D eigenvalue weighted by molar-refractivity contribution is -0.112. The summed E-state index contributed by atoms with van der Waals surface area (Å²) in [4.78, 5) is 16.7. The molecule has 2 aromatic rings. The molecule has 0 unspecified atom stereocenters. The highest BCUT2D eigenvalue weighted by atomic mass is 16.1. The number of hydrogen-bond acceptors (Lipinski definition) is 5. The summed E-state index contributed by atoms with van der Waals surface area (Å²) in [5.41, 5.74) is 10.3. The van der Waals surface area contributed by atoms with E-state index in [9.17, 15) is 4.79 Å². The molecule has 0 amide bonds. The van der Waals surface area contributed by atoms with Gasteiger partial charge in [-0.3, -0.25) is 14.9 Å². The molecule has 22 heavy (non-hydrogen) atoms. The van der Waals surface area contributed by atoms with Crippen molar-refractivity contribution in [3.8, 4) is 11.1 Å². The average Bonchev–Trinajstić information content (AvgIpc) is 3.20. The lowest BCUT2D eigenvalue weighted by Gasteiger charge is -2.05. The second kappa shape index (κ2) is 5.77. The number of fused-ring (bicyclic) bond motifs is 1. The largest absolute Gasteiger partial charge is 0.404 e. The van der Waals surface area contributed by atoms with Crippen LogP contribution in [0.1, 0.15) is 17.5 Å². The second-order valence-corrected chi connectivity index (χ2v) is 5.01. The molecule has 6 nitrogen and oxygen atoms in total. The topological polar surface area (TPSA) is 108 Å². The van der Waals surface area contributed by atoms with E-state index in [1.165, 1.54) is 6.20 Å². The number of nitrogens with two attached hydrogens (primary N) is 1. The Kier molecular flexibility index (Phi) is 3.65. The van der Waals surface area contributed by atoms with Crippen LogP contribution in [0.5, 0.6) is 0 Å². The van der Waals surface area contributed by atoms with Crippen molar-refractivity contribution in [2.45, 2.75) is 13.0 Å². The van der Waals surface area contributed by atoms with Crippen molar-refractivity contribution in [1.82, 2.24) is 10.2 Å². The number of nitrogens with zero attached hydrogens (tertiary/aromatic N) is 2. The molecule has 110 valence electrons. The summed E-state index contributed by atoms with van der Waals surface area (Å²) >= 11 is 0. The molecular formula is C16H15N5O. The quantitative estimate of drug-likeness (QED) is 0.732. The third-order valence-corrected chi connectivity index (χ3v) is 3.63. The predicted octanol–water partition coefficient (Wildman–Crippen LogP) is 1.83. The van der Waals surface area contributed by atoms with Gasteiger partial charge in [-0.05, 0) is 29.0 Å². The molecular weight excluding hydrogens is 278 g/mol. The zero-order valence-corrected chi connectivity index (χ0v) is 11.8. The standard InChI is InChI=1S/C16H15N5O/c17-5-10(6-18)3-15(22)16-14-2-1-11(4-12(14)7-19-16)13-8-20-21-9-13/h1-2,4-6,8-9,17H,3,7,18H2,(H,20,21)/b10-6-,17-5?. The molecule has 0 radical (unpaired) electrons. The van der Waals surface area contributed by atoms with Gasteiger partial charge in [-0.25, -0.2) is 0 Å². The molecule has 0 bridgehead atoms. The fraction of sp³-hybridized carbons (Fsp3) is 0.125. The number of H-pyrrole nitrogens is 1. The molecule has 1 aliphatic heterocycles. The SMILES string of the molecule is N=C/C(=C\N)CC(=O)C1=NCc2cc(-c3cn[nH]c3)ccc21. The number of carbonyl (C=O) groups excluding carboxylic acids is 1. The number of ketones is 1. The van der Waals surface area contributed by atoms with Gasteiger partial charge < -0.3 is 11.1 Å². The monoisotopic (exact) mass is 293 g/mol. The van der Waals surface area contributed by atoms with E-state index in [0.29, 0.717) is 17.8 Å². The Morgan fingerprint density at radius 1 is 1.41 bits per heavy atom. The minimum absolute atomic E-state index is 0.0990. The number of nitrogens with one attached hydrogen (secondary N) is 2. The first-order valence-corrected chi connectivity index (χ1v) is 6.84. The van der Waals surface area contributed by atoms with Gasteiger partial charge in [-0.2, -0.15) is 5.10 Å². The highest BCUT2D eigenvalue weighted by molar-refractivity contribution is 6.47. The summed E-state index contributed by atoms with van der Waals surface area (Å²) in [6, 6.07) is 5.89. The maximum atomic E-state index is 12.3. The molecule has 0 aliphatic carbocycles. The van der Waals surface area contributed by atoms with Crippen molar-refractivity contribution in [1.29, 1.82) is 5.41 Å². The Hall–Kier alpha value is -3.02. The minimum atomic E-state index is -0.116. The highest BCUT2D eigenvalue weighted by Gasteiger charge is 2.22. The number of aliphatic imine (C=N–C) groups is 1. The summed E-state index contributed by atoms with van der Waals surface area (Å²) in [6.07, 6.45) is 6.05. The number of carbonyl (C=O) groups is 1. The fourth-order valence-corrected chi connectivity index (χ4v) is 2.46. The summed E-state index contributed by atoms with van der Waals surface area (Å²) in [5.74, 6) is -0.116. The van der Waals surface area contributed by atoms with Crippen LogP contribution in [0.3, 0.4) is 0 Å². The predicted molar refractivity (Wildman–Crippen MR) is 84.9 cm³/mol. The number of rotatable bonds is 5. The van der Waals surface area contributed by atoms with Gasteiger partial charge in [0.05, 0.1) is 12.7 Å². The third-order valence-electron chi connectivity index (χ3n) is 3.63. The van der Waals surface area contributed by atoms with Crippen molar-refractivity contribution in [3.63, 3.8) is 0 Å². The molecule has 1 aliphatic rings. The van der Waals surface area contributed by atoms with Crippen LogP contribution in [0, 0.1) is 5.41 Å². The summed E-state index contributed by atoms with van der Waals surface area (Å²) in [5, 5.41) is 13.9. The number of Topliss-reactive ketones (excluding diaryl/α,β-unsaturated/α-hetero) is 1.